The second kappa shape index (κ2) is 5.28. The fourth-order valence-corrected chi connectivity index (χ4v) is 3.04. The summed E-state index contributed by atoms with van der Waals surface area (Å²) in [6.45, 7) is 0.858. The Hall–Kier alpha value is -1.43. The van der Waals surface area contributed by atoms with E-state index in [-0.39, 0.29) is 5.41 Å². The highest BCUT2D eigenvalue weighted by Gasteiger charge is 2.31. The van der Waals surface area contributed by atoms with Gasteiger partial charge >= 0.3 is 0 Å². The Balaban J connectivity index is 1.70. The quantitative estimate of drug-likeness (QED) is 0.869. The van der Waals surface area contributed by atoms with Crippen molar-refractivity contribution in [2.45, 2.75) is 32.1 Å². The lowest BCUT2D eigenvalue weighted by molar-refractivity contribution is 0.238. The van der Waals surface area contributed by atoms with E-state index >= 15 is 0 Å². The number of hydrogen-bond donors (Lipinski definition) is 1. The van der Waals surface area contributed by atoms with Crippen LogP contribution < -0.4 is 5.32 Å². The first-order valence-corrected chi connectivity index (χ1v) is 7.20. The van der Waals surface area contributed by atoms with E-state index < -0.39 is 0 Å². The van der Waals surface area contributed by atoms with Gasteiger partial charge in [-0.25, -0.2) is 0 Å². The Morgan fingerprint density at radius 1 is 1.26 bits per heavy atom. The van der Waals surface area contributed by atoms with Gasteiger partial charge in [0.2, 0.25) is 0 Å². The van der Waals surface area contributed by atoms with Gasteiger partial charge in [0.05, 0.1) is 0 Å². The van der Waals surface area contributed by atoms with Gasteiger partial charge in [-0.05, 0) is 35.4 Å². The number of tetrazole rings is 1. The summed E-state index contributed by atoms with van der Waals surface area (Å²) in [7, 11) is 0. The molecule has 0 bridgehead atoms. The van der Waals surface area contributed by atoms with Crippen molar-refractivity contribution < 1.29 is 0 Å². The molecule has 1 aliphatic rings. The van der Waals surface area contributed by atoms with Crippen molar-refractivity contribution in [2.24, 2.45) is 5.41 Å². The molecule has 2 aromatic rings. The van der Waals surface area contributed by atoms with Crippen molar-refractivity contribution in [2.75, 3.05) is 17.7 Å². The summed E-state index contributed by atoms with van der Waals surface area (Å²) >= 11 is 6.18. The molecule has 2 aromatic heterocycles. The van der Waals surface area contributed by atoms with Gasteiger partial charge in [0.25, 0.3) is 0 Å². The van der Waals surface area contributed by atoms with Crippen LogP contribution in [0.1, 0.15) is 32.1 Å². The van der Waals surface area contributed by atoms with E-state index in [1.807, 2.05) is 12.1 Å². The highest BCUT2D eigenvalue weighted by Crippen LogP contribution is 2.37. The normalized spacial score (nSPS) is 18.6. The molecule has 2 heterocycles. The summed E-state index contributed by atoms with van der Waals surface area (Å²) in [5, 5.41) is 18.9. The van der Waals surface area contributed by atoms with Crippen LogP contribution in [0.25, 0.3) is 5.65 Å². The van der Waals surface area contributed by atoms with Gasteiger partial charge in [-0.3, -0.25) is 0 Å². The lowest BCUT2D eigenvalue weighted by atomic mass is 9.75. The summed E-state index contributed by atoms with van der Waals surface area (Å²) in [5.74, 6) is 1.49. The molecule has 0 amide bonds. The number of anilines is 1. The zero-order chi connectivity index (χ0) is 13.1. The number of fused-ring (bicyclic) bond motifs is 1. The largest absolute Gasteiger partial charge is 0.368 e. The topological polar surface area (TPSA) is 68.0 Å². The first-order valence-electron chi connectivity index (χ1n) is 6.67. The molecule has 0 aliphatic heterocycles. The molecule has 7 heteroatoms. The SMILES string of the molecule is ClCC1(CNc2ccc3nnnn3n2)CCCCC1. The maximum atomic E-state index is 6.18. The molecule has 0 unspecified atom stereocenters. The van der Waals surface area contributed by atoms with Crippen LogP contribution >= 0.6 is 11.6 Å². The molecule has 19 heavy (non-hydrogen) atoms. The molecule has 0 saturated heterocycles. The van der Waals surface area contributed by atoms with E-state index in [0.29, 0.717) is 11.5 Å². The third-order valence-electron chi connectivity index (χ3n) is 3.91. The molecule has 1 N–H and O–H groups in total. The third kappa shape index (κ3) is 2.63. The highest BCUT2D eigenvalue weighted by atomic mass is 35.5. The number of rotatable bonds is 4. The first kappa shape index (κ1) is 12.6. The Bertz CT molecular complexity index is 548. The van der Waals surface area contributed by atoms with Gasteiger partial charge < -0.3 is 5.32 Å². The maximum Gasteiger partial charge on any atom is 0.200 e. The summed E-state index contributed by atoms with van der Waals surface area (Å²) < 4.78 is 1.43. The third-order valence-corrected chi connectivity index (χ3v) is 4.48. The molecular weight excluding hydrogens is 264 g/mol. The lowest BCUT2D eigenvalue weighted by Crippen LogP contribution is -2.34. The van der Waals surface area contributed by atoms with Gasteiger partial charge in [0, 0.05) is 17.8 Å². The van der Waals surface area contributed by atoms with E-state index in [1.54, 1.807) is 0 Å². The van der Waals surface area contributed by atoms with E-state index in [1.165, 1.54) is 36.7 Å². The first-order chi connectivity index (χ1) is 9.31. The van der Waals surface area contributed by atoms with Crippen LogP contribution in [-0.2, 0) is 0 Å². The van der Waals surface area contributed by atoms with Crippen LogP contribution in [0, 0.1) is 5.41 Å². The van der Waals surface area contributed by atoms with Crippen molar-refractivity contribution >= 4 is 23.1 Å². The predicted octanol–water partition coefficient (Wildman–Crippen LogP) is 2.12. The predicted molar refractivity (Wildman–Crippen MR) is 73.3 cm³/mol. The van der Waals surface area contributed by atoms with E-state index in [9.17, 15) is 0 Å². The molecule has 1 saturated carbocycles. The van der Waals surface area contributed by atoms with Crippen LogP contribution in [-0.4, -0.2) is 37.7 Å². The fraction of sp³-hybridized carbons (Fsp3) is 0.667. The molecule has 6 nitrogen and oxygen atoms in total. The molecule has 0 aromatic carbocycles. The molecule has 1 fully saturated rings. The standard InChI is InChI=1S/C12H17ClN6/c13-8-12(6-2-1-3-7-12)9-14-10-4-5-11-15-17-18-19(11)16-10/h4-5H,1-3,6-9H2,(H,14,16). The van der Waals surface area contributed by atoms with Gasteiger partial charge in [-0.15, -0.1) is 26.4 Å². The molecule has 0 radical (unpaired) electrons. The minimum atomic E-state index is 0.205. The summed E-state index contributed by atoms with van der Waals surface area (Å²) in [5.41, 5.74) is 0.854. The Kier molecular flexibility index (Phi) is 3.50. The molecule has 3 rings (SSSR count). The number of nitrogens with zero attached hydrogens (tertiary/aromatic N) is 5. The minimum absolute atomic E-state index is 0.205. The Morgan fingerprint density at radius 2 is 2.11 bits per heavy atom. The van der Waals surface area contributed by atoms with Gasteiger partial charge in [0.1, 0.15) is 5.82 Å². The second-order valence-electron chi connectivity index (χ2n) is 5.29. The summed E-state index contributed by atoms with van der Waals surface area (Å²) in [6.07, 6.45) is 6.25. The number of alkyl halides is 1. The zero-order valence-corrected chi connectivity index (χ0v) is 11.5. The molecule has 102 valence electrons. The lowest BCUT2D eigenvalue weighted by Gasteiger charge is -2.35. The Labute approximate surface area is 116 Å². The average Bonchev–Trinajstić information content (AvgIpc) is 2.93. The smallest absolute Gasteiger partial charge is 0.200 e. The minimum Gasteiger partial charge on any atom is -0.368 e. The van der Waals surface area contributed by atoms with Crippen molar-refractivity contribution in [3.8, 4) is 0 Å². The molecule has 0 atom stereocenters. The maximum absolute atomic E-state index is 6.18. The number of aromatic nitrogens is 5. The van der Waals surface area contributed by atoms with E-state index in [2.05, 4.69) is 25.9 Å². The van der Waals surface area contributed by atoms with Gasteiger partial charge in [0.15, 0.2) is 5.65 Å². The van der Waals surface area contributed by atoms with E-state index in [0.717, 1.165) is 12.4 Å². The van der Waals surface area contributed by atoms with Crippen molar-refractivity contribution in [1.29, 1.82) is 0 Å². The Morgan fingerprint density at radius 3 is 2.89 bits per heavy atom. The molecule has 0 spiro atoms. The monoisotopic (exact) mass is 280 g/mol. The molecule has 1 aliphatic carbocycles. The van der Waals surface area contributed by atoms with Crippen LogP contribution in [0.4, 0.5) is 5.82 Å². The van der Waals surface area contributed by atoms with Gasteiger partial charge in [-0.1, -0.05) is 19.3 Å². The summed E-state index contributed by atoms with van der Waals surface area (Å²) in [4.78, 5) is 0. The van der Waals surface area contributed by atoms with Crippen LogP contribution in [0.3, 0.4) is 0 Å². The number of hydrogen-bond acceptors (Lipinski definition) is 5. The highest BCUT2D eigenvalue weighted by molar-refractivity contribution is 6.18. The van der Waals surface area contributed by atoms with Crippen molar-refractivity contribution in [3.05, 3.63) is 12.1 Å². The number of nitrogens with one attached hydrogen (secondary N) is 1. The van der Waals surface area contributed by atoms with Crippen LogP contribution in [0.2, 0.25) is 0 Å². The second-order valence-corrected chi connectivity index (χ2v) is 5.56. The van der Waals surface area contributed by atoms with Gasteiger partial charge in [-0.2, -0.15) is 0 Å². The van der Waals surface area contributed by atoms with Crippen molar-refractivity contribution in [3.63, 3.8) is 0 Å². The number of halogens is 1. The zero-order valence-electron chi connectivity index (χ0n) is 10.7. The summed E-state index contributed by atoms with van der Waals surface area (Å²) in [6, 6.07) is 3.75. The average molecular weight is 281 g/mol. The van der Waals surface area contributed by atoms with Crippen LogP contribution in [0.15, 0.2) is 12.1 Å². The van der Waals surface area contributed by atoms with E-state index in [4.69, 9.17) is 11.6 Å². The van der Waals surface area contributed by atoms with Crippen LogP contribution in [0.5, 0.6) is 0 Å². The fourth-order valence-electron chi connectivity index (χ4n) is 2.68. The molecular formula is C12H17ClN6. The van der Waals surface area contributed by atoms with Crippen molar-refractivity contribution in [1.82, 2.24) is 25.3 Å².